The third-order valence-corrected chi connectivity index (χ3v) is 5.37. The molecule has 1 nitrogen and oxygen atoms in total. The van der Waals surface area contributed by atoms with E-state index in [1.807, 2.05) is 35.6 Å². The second-order valence-corrected chi connectivity index (χ2v) is 7.38. The lowest BCUT2D eigenvalue weighted by Gasteiger charge is -2.07. The monoisotopic (exact) mass is 425 g/mol. The average Bonchev–Trinajstić information content (AvgIpc) is 2.96. The summed E-state index contributed by atoms with van der Waals surface area (Å²) in [5.74, 6) is 0. The molecule has 4 heteroatoms. The van der Waals surface area contributed by atoms with Crippen molar-refractivity contribution in [3.8, 4) is 10.4 Å². The van der Waals surface area contributed by atoms with Gasteiger partial charge in [0.1, 0.15) is 0 Å². The van der Waals surface area contributed by atoms with E-state index in [4.69, 9.17) is 11.6 Å². The molecule has 1 N–H and O–H groups in total. The van der Waals surface area contributed by atoms with Crippen molar-refractivity contribution in [3.05, 3.63) is 74.1 Å². The van der Waals surface area contributed by atoms with Crippen LogP contribution in [0.15, 0.2) is 60.7 Å². The van der Waals surface area contributed by atoms with Gasteiger partial charge in [0, 0.05) is 30.6 Å². The molecule has 0 saturated carbocycles. The lowest BCUT2D eigenvalue weighted by molar-refractivity contribution is 1.19. The van der Waals surface area contributed by atoms with Crippen LogP contribution in [0.4, 0.5) is 5.69 Å². The molecule has 1 heterocycles. The minimum Gasteiger partial charge on any atom is -0.379 e. The molecule has 0 aliphatic rings. The summed E-state index contributed by atoms with van der Waals surface area (Å²) in [4.78, 5) is 2.62. The Kier molecular flexibility index (Phi) is 4.83. The standard InChI is InChI=1S/C17H13ClINS/c18-13-6-8-16(15(19)10-13)20-11-14-7-9-17(21-14)12-4-2-1-3-5-12/h1-10,20H,11H2. The SMILES string of the molecule is Clc1ccc(NCc2ccc(-c3ccccc3)s2)c(I)c1. The molecule has 2 aromatic carbocycles. The summed E-state index contributed by atoms with van der Waals surface area (Å²) in [6.07, 6.45) is 0. The van der Waals surface area contributed by atoms with Gasteiger partial charge in [-0.1, -0.05) is 41.9 Å². The summed E-state index contributed by atoms with van der Waals surface area (Å²) < 4.78 is 1.14. The highest BCUT2D eigenvalue weighted by atomic mass is 127. The molecule has 0 aliphatic heterocycles. The maximum absolute atomic E-state index is 5.97. The summed E-state index contributed by atoms with van der Waals surface area (Å²) in [7, 11) is 0. The largest absolute Gasteiger partial charge is 0.379 e. The molecule has 0 aliphatic carbocycles. The van der Waals surface area contributed by atoms with Gasteiger partial charge in [-0.25, -0.2) is 0 Å². The maximum atomic E-state index is 5.97. The summed E-state index contributed by atoms with van der Waals surface area (Å²) in [6.45, 7) is 0.829. The third-order valence-electron chi connectivity index (χ3n) is 3.10. The minimum atomic E-state index is 0.771. The van der Waals surface area contributed by atoms with Gasteiger partial charge in [0.15, 0.2) is 0 Å². The molecular formula is C17H13ClINS. The maximum Gasteiger partial charge on any atom is 0.0494 e. The average molecular weight is 426 g/mol. The molecule has 0 radical (unpaired) electrons. The lowest BCUT2D eigenvalue weighted by Crippen LogP contribution is -1.98. The summed E-state index contributed by atoms with van der Waals surface area (Å²) >= 11 is 10.1. The van der Waals surface area contributed by atoms with Gasteiger partial charge >= 0.3 is 0 Å². The van der Waals surface area contributed by atoms with Crippen molar-refractivity contribution in [2.75, 3.05) is 5.32 Å². The van der Waals surface area contributed by atoms with Crippen molar-refractivity contribution in [2.24, 2.45) is 0 Å². The Labute approximate surface area is 147 Å². The van der Waals surface area contributed by atoms with Gasteiger partial charge in [-0.05, 0) is 58.5 Å². The molecule has 0 amide bonds. The molecular weight excluding hydrogens is 413 g/mol. The number of thiophene rings is 1. The van der Waals surface area contributed by atoms with Crippen molar-refractivity contribution < 1.29 is 0 Å². The Hall–Kier alpha value is -1.04. The Morgan fingerprint density at radius 1 is 1.00 bits per heavy atom. The van der Waals surface area contributed by atoms with Gasteiger partial charge in [0.25, 0.3) is 0 Å². The third kappa shape index (κ3) is 3.78. The molecule has 0 fully saturated rings. The van der Waals surface area contributed by atoms with Gasteiger partial charge in [0.05, 0.1) is 0 Å². The van der Waals surface area contributed by atoms with E-state index < -0.39 is 0 Å². The Balaban J connectivity index is 1.70. The fourth-order valence-corrected chi connectivity index (χ4v) is 4.06. The van der Waals surface area contributed by atoms with E-state index >= 15 is 0 Å². The quantitative estimate of drug-likeness (QED) is 0.485. The van der Waals surface area contributed by atoms with Crippen LogP contribution in [0.25, 0.3) is 10.4 Å². The molecule has 0 atom stereocenters. The van der Waals surface area contributed by atoms with E-state index in [-0.39, 0.29) is 0 Å². The number of hydrogen-bond acceptors (Lipinski definition) is 2. The van der Waals surface area contributed by atoms with Crippen LogP contribution >= 0.6 is 45.5 Å². The smallest absolute Gasteiger partial charge is 0.0494 e. The predicted molar refractivity (Wildman–Crippen MR) is 101 cm³/mol. The van der Waals surface area contributed by atoms with E-state index in [0.29, 0.717) is 0 Å². The highest BCUT2D eigenvalue weighted by Gasteiger charge is 2.04. The van der Waals surface area contributed by atoms with Gasteiger partial charge in [-0.3, -0.25) is 0 Å². The number of nitrogens with one attached hydrogen (secondary N) is 1. The Morgan fingerprint density at radius 3 is 2.57 bits per heavy atom. The lowest BCUT2D eigenvalue weighted by atomic mass is 10.2. The van der Waals surface area contributed by atoms with Crippen molar-refractivity contribution >= 4 is 51.2 Å². The molecule has 21 heavy (non-hydrogen) atoms. The Morgan fingerprint density at radius 2 is 1.81 bits per heavy atom. The van der Waals surface area contributed by atoms with Crippen molar-refractivity contribution in [2.45, 2.75) is 6.54 Å². The van der Waals surface area contributed by atoms with Gasteiger partial charge < -0.3 is 5.32 Å². The van der Waals surface area contributed by atoms with E-state index in [9.17, 15) is 0 Å². The second kappa shape index (κ2) is 6.81. The van der Waals surface area contributed by atoms with Gasteiger partial charge in [-0.2, -0.15) is 0 Å². The van der Waals surface area contributed by atoms with Gasteiger partial charge in [-0.15, -0.1) is 11.3 Å². The fourth-order valence-electron chi connectivity index (χ4n) is 2.05. The molecule has 0 spiro atoms. The second-order valence-electron chi connectivity index (χ2n) is 4.61. The van der Waals surface area contributed by atoms with Crippen LogP contribution in [0.2, 0.25) is 5.02 Å². The molecule has 106 valence electrons. The minimum absolute atomic E-state index is 0.771. The van der Waals surface area contributed by atoms with E-state index in [1.165, 1.54) is 15.3 Å². The first-order chi connectivity index (χ1) is 10.2. The summed E-state index contributed by atoms with van der Waals surface area (Å²) in [6, 6.07) is 20.7. The Bertz CT molecular complexity index is 740. The van der Waals surface area contributed by atoms with E-state index in [1.54, 1.807) is 0 Å². The zero-order valence-corrected chi connectivity index (χ0v) is 14.9. The number of anilines is 1. The highest BCUT2D eigenvalue weighted by Crippen LogP contribution is 2.29. The normalized spacial score (nSPS) is 10.6. The molecule has 0 bridgehead atoms. The van der Waals surface area contributed by atoms with Crippen molar-refractivity contribution in [3.63, 3.8) is 0 Å². The topological polar surface area (TPSA) is 12.0 Å². The van der Waals surface area contributed by atoms with Crippen LogP contribution < -0.4 is 5.32 Å². The molecule has 3 aromatic rings. The fraction of sp³-hybridized carbons (Fsp3) is 0.0588. The van der Waals surface area contributed by atoms with Crippen LogP contribution in [0.1, 0.15) is 4.88 Å². The summed E-state index contributed by atoms with van der Waals surface area (Å²) in [5, 5.41) is 4.24. The first-order valence-electron chi connectivity index (χ1n) is 6.55. The number of rotatable bonds is 4. The van der Waals surface area contributed by atoms with Crippen LogP contribution in [0, 0.1) is 3.57 Å². The number of hydrogen-bond donors (Lipinski definition) is 1. The van der Waals surface area contributed by atoms with Crippen LogP contribution in [-0.4, -0.2) is 0 Å². The zero-order valence-electron chi connectivity index (χ0n) is 11.1. The van der Waals surface area contributed by atoms with Crippen LogP contribution in [0.3, 0.4) is 0 Å². The molecule has 1 aromatic heterocycles. The zero-order chi connectivity index (χ0) is 14.7. The first kappa shape index (κ1) is 14.9. The number of halogens is 2. The molecule has 0 unspecified atom stereocenters. The summed E-state index contributed by atoms with van der Waals surface area (Å²) in [5.41, 5.74) is 2.39. The van der Waals surface area contributed by atoms with E-state index in [2.05, 4.69) is 64.3 Å². The van der Waals surface area contributed by atoms with Crippen LogP contribution in [-0.2, 0) is 6.54 Å². The van der Waals surface area contributed by atoms with Crippen molar-refractivity contribution in [1.29, 1.82) is 0 Å². The number of benzene rings is 2. The van der Waals surface area contributed by atoms with Crippen molar-refractivity contribution in [1.82, 2.24) is 0 Å². The highest BCUT2D eigenvalue weighted by molar-refractivity contribution is 14.1. The van der Waals surface area contributed by atoms with Gasteiger partial charge in [0.2, 0.25) is 0 Å². The van der Waals surface area contributed by atoms with E-state index in [0.717, 1.165) is 20.8 Å². The molecule has 3 rings (SSSR count). The molecule has 0 saturated heterocycles. The first-order valence-corrected chi connectivity index (χ1v) is 8.83. The van der Waals surface area contributed by atoms with Crippen LogP contribution in [0.5, 0.6) is 0 Å². The predicted octanol–water partition coefficient (Wildman–Crippen LogP) is 6.29.